The Labute approximate surface area is 239 Å². The van der Waals surface area contributed by atoms with E-state index in [4.69, 9.17) is 16.3 Å². The first-order valence-electron chi connectivity index (χ1n) is 14.1. The molecule has 7 heteroatoms. The molecule has 0 saturated carbocycles. The molecule has 204 valence electrons. The maximum atomic E-state index is 13.3. The second-order valence-electron chi connectivity index (χ2n) is 12.0. The molecule has 2 aliphatic heterocycles. The van der Waals surface area contributed by atoms with Crippen LogP contribution >= 0.6 is 11.6 Å². The smallest absolute Gasteiger partial charge is 0.267 e. The van der Waals surface area contributed by atoms with E-state index in [1.54, 1.807) is 16.5 Å². The first-order chi connectivity index (χ1) is 19.3. The van der Waals surface area contributed by atoms with Gasteiger partial charge in [-0.3, -0.25) is 14.3 Å². The molecule has 0 radical (unpaired) electrons. The summed E-state index contributed by atoms with van der Waals surface area (Å²) >= 11 is 6.19. The highest BCUT2D eigenvalue weighted by molar-refractivity contribution is 6.30. The molecule has 1 aliphatic carbocycles. The van der Waals surface area contributed by atoms with Gasteiger partial charge in [0.2, 0.25) is 0 Å². The van der Waals surface area contributed by atoms with Gasteiger partial charge in [-0.25, -0.2) is 4.98 Å². The number of allylic oxidation sites excluding steroid dienone is 1. The Hall–Kier alpha value is -3.61. The van der Waals surface area contributed by atoms with Crippen LogP contribution in [0.4, 0.5) is 5.69 Å². The highest BCUT2D eigenvalue weighted by atomic mass is 35.5. The monoisotopic (exact) mass is 552 g/mol. The fourth-order valence-electron chi connectivity index (χ4n) is 6.39. The van der Waals surface area contributed by atoms with Crippen molar-refractivity contribution >= 4 is 39.8 Å². The number of carbonyl (C=O) groups is 1. The maximum Gasteiger partial charge on any atom is 0.267 e. The number of aromatic nitrogens is 2. The Morgan fingerprint density at radius 3 is 2.58 bits per heavy atom. The van der Waals surface area contributed by atoms with Crippen LogP contribution in [-0.2, 0) is 0 Å². The van der Waals surface area contributed by atoms with Crippen LogP contribution in [0.5, 0.6) is 11.5 Å². The van der Waals surface area contributed by atoms with Gasteiger partial charge < -0.3 is 9.64 Å². The molecule has 4 aromatic rings. The number of rotatable bonds is 4. The lowest BCUT2D eigenvalue weighted by molar-refractivity contribution is 0.0964. The van der Waals surface area contributed by atoms with E-state index in [0.29, 0.717) is 22.5 Å². The van der Waals surface area contributed by atoms with Gasteiger partial charge in [0, 0.05) is 49.5 Å². The molecule has 0 spiro atoms. The van der Waals surface area contributed by atoms with E-state index in [-0.39, 0.29) is 5.91 Å². The number of hydrogen-bond donors (Lipinski definition) is 0. The van der Waals surface area contributed by atoms with Crippen LogP contribution in [0.1, 0.15) is 49.0 Å². The first kappa shape index (κ1) is 25.4. The van der Waals surface area contributed by atoms with Gasteiger partial charge in [-0.05, 0) is 72.2 Å². The van der Waals surface area contributed by atoms with Crippen molar-refractivity contribution in [2.75, 3.05) is 37.6 Å². The van der Waals surface area contributed by atoms with Crippen molar-refractivity contribution in [1.29, 1.82) is 0 Å². The predicted octanol–water partition coefficient (Wildman–Crippen LogP) is 7.27. The Morgan fingerprint density at radius 1 is 0.975 bits per heavy atom. The zero-order valence-corrected chi connectivity index (χ0v) is 23.7. The summed E-state index contributed by atoms with van der Waals surface area (Å²) in [6, 6.07) is 20.0. The molecular formula is C33H33ClN4O2. The average Bonchev–Trinajstić information content (AvgIpc) is 3.35. The minimum absolute atomic E-state index is 0.112. The number of fused-ring (bicyclic) bond motifs is 1. The van der Waals surface area contributed by atoms with Crippen molar-refractivity contribution in [3.8, 4) is 11.5 Å². The number of ether oxygens (including phenoxy) is 1. The molecule has 3 heterocycles. The van der Waals surface area contributed by atoms with Crippen LogP contribution in [0.15, 0.2) is 72.6 Å². The summed E-state index contributed by atoms with van der Waals surface area (Å²) < 4.78 is 7.89. The molecule has 1 aromatic heterocycles. The molecule has 0 atom stereocenters. The zero-order valence-electron chi connectivity index (χ0n) is 23.0. The van der Waals surface area contributed by atoms with Crippen molar-refractivity contribution in [2.24, 2.45) is 5.41 Å². The van der Waals surface area contributed by atoms with Gasteiger partial charge in [0.25, 0.3) is 5.91 Å². The second-order valence-corrected chi connectivity index (χ2v) is 12.5. The molecule has 1 saturated heterocycles. The predicted molar refractivity (Wildman–Crippen MR) is 161 cm³/mol. The maximum absolute atomic E-state index is 13.3. The molecule has 0 amide bonds. The lowest BCUT2D eigenvalue weighted by atomic mass is 9.72. The fourth-order valence-corrected chi connectivity index (χ4v) is 6.51. The van der Waals surface area contributed by atoms with Crippen LogP contribution in [0, 0.1) is 5.41 Å². The number of para-hydroxylation sites is 1. The first-order valence-corrected chi connectivity index (χ1v) is 14.5. The van der Waals surface area contributed by atoms with Crippen molar-refractivity contribution < 1.29 is 9.53 Å². The van der Waals surface area contributed by atoms with Crippen LogP contribution in [0.2, 0.25) is 5.02 Å². The third kappa shape index (κ3) is 4.59. The van der Waals surface area contributed by atoms with E-state index >= 15 is 0 Å². The molecule has 3 aromatic carbocycles. The Morgan fingerprint density at radius 2 is 1.77 bits per heavy atom. The molecule has 0 bridgehead atoms. The Balaban J connectivity index is 1.08. The largest absolute Gasteiger partial charge is 0.454 e. The van der Waals surface area contributed by atoms with Gasteiger partial charge in [0.05, 0.1) is 11.1 Å². The third-order valence-corrected chi connectivity index (χ3v) is 8.95. The Kier molecular flexibility index (Phi) is 6.21. The number of piperazine rings is 1. The van der Waals surface area contributed by atoms with Gasteiger partial charge in [-0.2, -0.15) is 0 Å². The number of imidazole rings is 1. The molecule has 40 heavy (non-hydrogen) atoms. The summed E-state index contributed by atoms with van der Waals surface area (Å²) in [5.74, 6) is 1.15. The van der Waals surface area contributed by atoms with Crippen LogP contribution in [0.3, 0.4) is 0 Å². The van der Waals surface area contributed by atoms with Crippen LogP contribution < -0.4 is 9.64 Å². The highest BCUT2D eigenvalue weighted by Gasteiger charge is 2.30. The minimum Gasteiger partial charge on any atom is -0.454 e. The SMILES string of the molecule is CC1(C)CCC(CN2CCN(c3ccc4c(c3)Oc3cccc5ncn(c35)C4=O)CC2)=C(c2ccc(Cl)cc2)C1. The van der Waals surface area contributed by atoms with E-state index in [0.717, 1.165) is 67.3 Å². The van der Waals surface area contributed by atoms with Crippen molar-refractivity contribution in [2.45, 2.75) is 33.1 Å². The molecule has 0 N–H and O–H groups in total. The lowest BCUT2D eigenvalue weighted by Crippen LogP contribution is -2.47. The molecule has 3 aliphatic rings. The number of benzene rings is 3. The molecule has 6 nitrogen and oxygen atoms in total. The molecular weight excluding hydrogens is 520 g/mol. The number of hydrogen-bond acceptors (Lipinski definition) is 5. The summed E-state index contributed by atoms with van der Waals surface area (Å²) in [7, 11) is 0. The van der Waals surface area contributed by atoms with E-state index in [1.807, 2.05) is 48.5 Å². The van der Waals surface area contributed by atoms with Gasteiger partial charge in [-0.15, -0.1) is 0 Å². The lowest BCUT2D eigenvalue weighted by Gasteiger charge is -2.39. The summed E-state index contributed by atoms with van der Waals surface area (Å²) in [4.78, 5) is 22.6. The summed E-state index contributed by atoms with van der Waals surface area (Å²) in [6.45, 7) is 9.63. The number of carbonyl (C=O) groups excluding carboxylic acids is 1. The summed E-state index contributed by atoms with van der Waals surface area (Å²) in [5.41, 5.74) is 7.81. The van der Waals surface area contributed by atoms with Gasteiger partial charge in [-0.1, -0.05) is 49.2 Å². The molecule has 7 rings (SSSR count). The second kappa shape index (κ2) is 9.79. The summed E-state index contributed by atoms with van der Waals surface area (Å²) in [6.07, 6.45) is 5.06. The topological polar surface area (TPSA) is 50.6 Å². The van der Waals surface area contributed by atoms with E-state index in [1.165, 1.54) is 17.6 Å². The average molecular weight is 553 g/mol. The van der Waals surface area contributed by atoms with Crippen molar-refractivity contribution in [3.05, 3.63) is 88.7 Å². The standard InChI is InChI=1S/C33H33ClN4O2/c1-33(2)13-12-23(27(19-33)22-6-8-24(34)9-7-22)20-36-14-16-37(17-15-36)25-10-11-26-30(18-25)40-29-5-3-4-28-31(29)38(21-35-28)32(26)39/h3-11,18,21H,12-17,19-20H2,1-2H3. The normalized spacial score (nSPS) is 19.0. The number of nitrogens with zero attached hydrogens (tertiary/aromatic N) is 4. The zero-order chi connectivity index (χ0) is 27.4. The Bertz CT molecular complexity index is 1640. The minimum atomic E-state index is -0.112. The number of halogens is 1. The van der Waals surface area contributed by atoms with Gasteiger partial charge >= 0.3 is 0 Å². The van der Waals surface area contributed by atoms with Crippen LogP contribution in [0.25, 0.3) is 16.6 Å². The van der Waals surface area contributed by atoms with Crippen molar-refractivity contribution in [3.63, 3.8) is 0 Å². The van der Waals surface area contributed by atoms with E-state index < -0.39 is 0 Å². The third-order valence-electron chi connectivity index (χ3n) is 8.70. The summed E-state index contributed by atoms with van der Waals surface area (Å²) in [5, 5.41) is 0.785. The quantitative estimate of drug-likeness (QED) is 0.235. The number of anilines is 1. The van der Waals surface area contributed by atoms with Crippen LogP contribution in [-0.4, -0.2) is 53.1 Å². The molecule has 1 fully saturated rings. The van der Waals surface area contributed by atoms with Crippen molar-refractivity contribution in [1.82, 2.24) is 14.5 Å². The van der Waals surface area contributed by atoms with E-state index in [2.05, 4.69) is 40.8 Å². The highest BCUT2D eigenvalue weighted by Crippen LogP contribution is 2.43. The van der Waals surface area contributed by atoms with Gasteiger partial charge in [0.1, 0.15) is 17.6 Å². The fraction of sp³-hybridized carbons (Fsp3) is 0.333. The van der Waals surface area contributed by atoms with Gasteiger partial charge in [0.15, 0.2) is 5.75 Å². The molecule has 0 unspecified atom stereocenters. The van der Waals surface area contributed by atoms with E-state index in [9.17, 15) is 4.79 Å².